The summed E-state index contributed by atoms with van der Waals surface area (Å²) in [5.41, 5.74) is -0.569. The van der Waals surface area contributed by atoms with E-state index in [1.165, 1.54) is 19.2 Å². The quantitative estimate of drug-likeness (QED) is 0.824. The number of hydrogen-bond donors (Lipinski definition) is 1. The summed E-state index contributed by atoms with van der Waals surface area (Å²) in [4.78, 5) is 10.7. The van der Waals surface area contributed by atoms with Gasteiger partial charge in [-0.15, -0.1) is 0 Å². The van der Waals surface area contributed by atoms with Gasteiger partial charge in [0.1, 0.15) is 12.9 Å². The van der Waals surface area contributed by atoms with Gasteiger partial charge in [0.05, 0.1) is 17.7 Å². The summed E-state index contributed by atoms with van der Waals surface area (Å²) in [5, 5.41) is 9.84. The lowest BCUT2D eigenvalue weighted by Crippen LogP contribution is -2.28. The van der Waals surface area contributed by atoms with E-state index in [2.05, 4.69) is 0 Å². The van der Waals surface area contributed by atoms with E-state index in [0.717, 1.165) is 0 Å². The van der Waals surface area contributed by atoms with Gasteiger partial charge in [0.25, 0.3) is 0 Å². The van der Waals surface area contributed by atoms with E-state index in [-0.39, 0.29) is 11.6 Å². The fourth-order valence-electron chi connectivity index (χ4n) is 1.20. The van der Waals surface area contributed by atoms with Gasteiger partial charge in [-0.1, -0.05) is 11.6 Å². The minimum Gasteiger partial charge on any atom is -0.493 e. The number of rotatable bonds is 5. The van der Waals surface area contributed by atoms with Crippen LogP contribution in [0.3, 0.4) is 0 Å². The fourth-order valence-corrected chi connectivity index (χ4v) is 1.47. The van der Waals surface area contributed by atoms with Gasteiger partial charge in [-0.3, -0.25) is 4.79 Å². The summed E-state index contributed by atoms with van der Waals surface area (Å²) in [6, 6.07) is 3.01. The zero-order valence-corrected chi connectivity index (χ0v) is 10.7. The lowest BCUT2D eigenvalue weighted by Gasteiger charge is -2.19. The summed E-state index contributed by atoms with van der Waals surface area (Å²) in [7, 11) is 1.46. The van der Waals surface area contributed by atoms with Crippen molar-refractivity contribution in [1.82, 2.24) is 0 Å². The van der Waals surface area contributed by atoms with Crippen molar-refractivity contribution in [1.29, 1.82) is 0 Å². The minimum atomic E-state index is -0.975. The molecule has 1 rings (SSSR count). The van der Waals surface area contributed by atoms with Crippen LogP contribution >= 0.6 is 11.6 Å². The van der Waals surface area contributed by atoms with E-state index >= 15 is 0 Å². The molecule has 0 saturated heterocycles. The molecule has 1 N–H and O–H groups in total. The summed E-state index contributed by atoms with van der Waals surface area (Å²) in [5.74, 6) is 0.686. The van der Waals surface area contributed by atoms with Gasteiger partial charge >= 0.3 is 0 Å². The van der Waals surface area contributed by atoms with Crippen molar-refractivity contribution in [2.75, 3.05) is 13.7 Å². The summed E-state index contributed by atoms with van der Waals surface area (Å²) >= 11 is 5.98. The number of carbonyl (C=O) groups is 1. The summed E-state index contributed by atoms with van der Waals surface area (Å²) in [6.07, 6.45) is 0.675. The third-order valence-electron chi connectivity index (χ3n) is 1.96. The third kappa shape index (κ3) is 3.91. The number of halogens is 1. The van der Waals surface area contributed by atoms with Crippen LogP contribution in [0.5, 0.6) is 11.5 Å². The Bertz CT molecular complexity index is 410. The van der Waals surface area contributed by atoms with E-state index in [1.807, 2.05) is 0 Å². The predicted octanol–water partition coefficient (Wildman–Crippen LogP) is 2.31. The normalized spacial score (nSPS) is 11.1. The first kappa shape index (κ1) is 13.8. The first-order chi connectivity index (χ1) is 7.87. The van der Waals surface area contributed by atoms with Gasteiger partial charge in [0.2, 0.25) is 0 Å². The zero-order chi connectivity index (χ0) is 13.1. The second-order valence-corrected chi connectivity index (χ2v) is 4.66. The SMILES string of the molecule is COc1cc(C=O)cc(Cl)c1OCC(C)(C)O. The molecular formula is C12H15ClO4. The molecule has 0 aliphatic heterocycles. The van der Waals surface area contributed by atoms with Crippen molar-refractivity contribution in [3.8, 4) is 11.5 Å². The zero-order valence-electron chi connectivity index (χ0n) is 9.99. The van der Waals surface area contributed by atoms with Crippen molar-refractivity contribution in [3.63, 3.8) is 0 Å². The Morgan fingerprint density at radius 3 is 2.59 bits per heavy atom. The highest BCUT2D eigenvalue weighted by atomic mass is 35.5. The molecule has 0 spiro atoms. The number of carbonyl (C=O) groups excluding carboxylic acids is 1. The number of ether oxygens (including phenoxy) is 2. The number of benzene rings is 1. The highest BCUT2D eigenvalue weighted by Crippen LogP contribution is 2.36. The molecule has 0 bridgehead atoms. The fraction of sp³-hybridized carbons (Fsp3) is 0.417. The number of aldehydes is 1. The lowest BCUT2D eigenvalue weighted by atomic mass is 10.1. The molecule has 17 heavy (non-hydrogen) atoms. The first-order valence-electron chi connectivity index (χ1n) is 5.05. The monoisotopic (exact) mass is 258 g/mol. The standard InChI is InChI=1S/C12H15ClO4/c1-12(2,15)7-17-11-9(13)4-8(6-14)5-10(11)16-3/h4-6,15H,7H2,1-3H3. The van der Waals surface area contributed by atoms with Gasteiger partial charge in [-0.2, -0.15) is 0 Å². The van der Waals surface area contributed by atoms with Crippen LogP contribution in [0.2, 0.25) is 5.02 Å². The maximum Gasteiger partial charge on any atom is 0.179 e. The van der Waals surface area contributed by atoms with E-state index < -0.39 is 5.60 Å². The van der Waals surface area contributed by atoms with Crippen LogP contribution in [0, 0.1) is 0 Å². The molecule has 0 aliphatic rings. The van der Waals surface area contributed by atoms with Crippen molar-refractivity contribution in [2.24, 2.45) is 0 Å². The minimum absolute atomic E-state index is 0.0729. The number of aliphatic hydroxyl groups is 1. The molecule has 0 fully saturated rings. The molecule has 0 amide bonds. The van der Waals surface area contributed by atoms with Crippen LogP contribution in [0.15, 0.2) is 12.1 Å². The van der Waals surface area contributed by atoms with Crippen LogP contribution in [0.4, 0.5) is 0 Å². The Morgan fingerprint density at radius 1 is 1.47 bits per heavy atom. The Morgan fingerprint density at radius 2 is 2.12 bits per heavy atom. The molecule has 0 atom stereocenters. The molecule has 0 unspecified atom stereocenters. The topological polar surface area (TPSA) is 55.8 Å². The van der Waals surface area contributed by atoms with Gasteiger partial charge < -0.3 is 14.6 Å². The molecule has 5 heteroatoms. The predicted molar refractivity (Wildman–Crippen MR) is 65.2 cm³/mol. The highest BCUT2D eigenvalue weighted by Gasteiger charge is 2.17. The largest absolute Gasteiger partial charge is 0.493 e. The molecule has 0 radical (unpaired) electrons. The van der Waals surface area contributed by atoms with E-state index in [0.29, 0.717) is 23.3 Å². The number of methoxy groups -OCH3 is 1. The summed E-state index contributed by atoms with van der Waals surface area (Å²) < 4.78 is 10.5. The number of hydrogen-bond acceptors (Lipinski definition) is 4. The average Bonchev–Trinajstić information content (AvgIpc) is 2.25. The van der Waals surface area contributed by atoms with Crippen LogP contribution < -0.4 is 9.47 Å². The van der Waals surface area contributed by atoms with Gasteiger partial charge in [-0.25, -0.2) is 0 Å². The Labute approximate surface area is 105 Å². The summed E-state index contributed by atoms with van der Waals surface area (Å²) in [6.45, 7) is 3.31. The molecule has 1 aromatic rings. The maximum absolute atomic E-state index is 10.7. The Balaban J connectivity index is 3.01. The molecule has 94 valence electrons. The third-order valence-corrected chi connectivity index (χ3v) is 2.24. The van der Waals surface area contributed by atoms with Gasteiger partial charge in [0, 0.05) is 5.56 Å². The van der Waals surface area contributed by atoms with E-state index in [9.17, 15) is 9.90 Å². The van der Waals surface area contributed by atoms with Crippen molar-refractivity contribution >= 4 is 17.9 Å². The Kier molecular flexibility index (Phi) is 4.37. The van der Waals surface area contributed by atoms with E-state index in [4.69, 9.17) is 21.1 Å². The molecule has 0 heterocycles. The van der Waals surface area contributed by atoms with E-state index in [1.54, 1.807) is 13.8 Å². The maximum atomic E-state index is 10.7. The average molecular weight is 259 g/mol. The molecule has 1 aromatic carbocycles. The lowest BCUT2D eigenvalue weighted by molar-refractivity contribution is 0.0276. The van der Waals surface area contributed by atoms with Crippen LogP contribution in [0.1, 0.15) is 24.2 Å². The van der Waals surface area contributed by atoms with Crippen LogP contribution in [-0.4, -0.2) is 30.7 Å². The van der Waals surface area contributed by atoms with Gasteiger partial charge in [0.15, 0.2) is 11.5 Å². The molecule has 4 nitrogen and oxygen atoms in total. The van der Waals surface area contributed by atoms with Crippen LogP contribution in [0.25, 0.3) is 0 Å². The van der Waals surface area contributed by atoms with Crippen molar-refractivity contribution in [3.05, 3.63) is 22.7 Å². The van der Waals surface area contributed by atoms with Crippen molar-refractivity contribution < 1.29 is 19.4 Å². The second kappa shape index (κ2) is 5.38. The molecular weight excluding hydrogens is 244 g/mol. The smallest absolute Gasteiger partial charge is 0.179 e. The first-order valence-corrected chi connectivity index (χ1v) is 5.43. The Hall–Kier alpha value is -1.26. The molecule has 0 saturated carbocycles. The molecule has 0 aromatic heterocycles. The molecule has 0 aliphatic carbocycles. The second-order valence-electron chi connectivity index (χ2n) is 4.25. The van der Waals surface area contributed by atoms with Gasteiger partial charge in [-0.05, 0) is 26.0 Å². The highest BCUT2D eigenvalue weighted by molar-refractivity contribution is 6.32. The van der Waals surface area contributed by atoms with Crippen LogP contribution in [-0.2, 0) is 0 Å². The van der Waals surface area contributed by atoms with Crippen molar-refractivity contribution in [2.45, 2.75) is 19.4 Å².